The lowest BCUT2D eigenvalue weighted by Gasteiger charge is -2.13. The summed E-state index contributed by atoms with van der Waals surface area (Å²) in [5.41, 5.74) is 1.50. The Labute approximate surface area is 169 Å². The van der Waals surface area contributed by atoms with Gasteiger partial charge >= 0.3 is 0 Å². The first-order valence-electron chi connectivity index (χ1n) is 8.46. The molecule has 1 fully saturated rings. The lowest BCUT2D eigenvalue weighted by molar-refractivity contribution is 0.102. The van der Waals surface area contributed by atoms with Crippen LogP contribution >= 0.6 is 11.6 Å². The largest absolute Gasteiger partial charge is 0.322 e. The number of aryl methyl sites for hydroxylation is 1. The van der Waals surface area contributed by atoms with Crippen molar-refractivity contribution in [1.29, 1.82) is 0 Å². The summed E-state index contributed by atoms with van der Waals surface area (Å²) in [7, 11) is -7.16. The highest BCUT2D eigenvalue weighted by atomic mass is 35.5. The third kappa shape index (κ3) is 4.91. The van der Waals surface area contributed by atoms with E-state index in [1.54, 1.807) is 25.1 Å². The van der Waals surface area contributed by atoms with Gasteiger partial charge in [-0.3, -0.25) is 4.79 Å². The average Bonchev–Trinajstić information content (AvgIpc) is 2.95. The molecule has 10 heteroatoms. The first kappa shape index (κ1) is 20.8. The maximum Gasteiger partial charge on any atom is 0.255 e. The van der Waals surface area contributed by atoms with Crippen LogP contribution in [0.25, 0.3) is 0 Å². The number of benzene rings is 2. The molecule has 0 bridgehead atoms. The summed E-state index contributed by atoms with van der Waals surface area (Å²) < 4.78 is 50.6. The number of hydrogen-bond donors (Lipinski definition) is 2. The van der Waals surface area contributed by atoms with E-state index in [0.29, 0.717) is 10.7 Å². The molecule has 1 amide bonds. The van der Waals surface area contributed by atoms with Crippen LogP contribution in [0.1, 0.15) is 22.3 Å². The maximum absolute atomic E-state index is 12.6. The molecule has 1 aliphatic rings. The number of hydrogen-bond acceptors (Lipinski definition) is 5. The molecular weight excluding hydrogens is 424 g/mol. The van der Waals surface area contributed by atoms with Gasteiger partial charge in [0.15, 0.2) is 9.84 Å². The molecule has 2 aromatic carbocycles. The van der Waals surface area contributed by atoms with Crippen molar-refractivity contribution in [3.63, 3.8) is 0 Å². The normalized spacial score (nSPS) is 18.7. The van der Waals surface area contributed by atoms with Gasteiger partial charge in [-0.25, -0.2) is 21.6 Å². The Hall–Kier alpha value is -1.94. The van der Waals surface area contributed by atoms with Gasteiger partial charge in [0.05, 0.1) is 16.4 Å². The Bertz CT molecular complexity index is 1130. The summed E-state index contributed by atoms with van der Waals surface area (Å²) in [5, 5.41) is 3.27. The predicted molar refractivity (Wildman–Crippen MR) is 108 cm³/mol. The zero-order valence-corrected chi connectivity index (χ0v) is 17.4. The first-order chi connectivity index (χ1) is 13.1. The Balaban J connectivity index is 1.78. The molecule has 0 aliphatic carbocycles. The second-order valence-corrected chi connectivity index (χ2v) is 11.0. The smallest absolute Gasteiger partial charge is 0.255 e. The molecule has 1 atom stereocenters. The van der Waals surface area contributed by atoms with E-state index >= 15 is 0 Å². The molecular formula is C18H19ClN2O5S2. The molecule has 1 saturated heterocycles. The Morgan fingerprint density at radius 1 is 1.18 bits per heavy atom. The summed E-state index contributed by atoms with van der Waals surface area (Å²) >= 11 is 5.90. The Morgan fingerprint density at radius 3 is 2.57 bits per heavy atom. The van der Waals surface area contributed by atoms with Gasteiger partial charge in [0.1, 0.15) is 0 Å². The second kappa shape index (κ2) is 7.82. The Morgan fingerprint density at radius 2 is 1.93 bits per heavy atom. The number of carbonyl (C=O) groups excluding carboxylic acids is 1. The lowest BCUT2D eigenvalue weighted by Crippen LogP contribution is -2.35. The molecule has 0 aromatic heterocycles. The highest BCUT2D eigenvalue weighted by molar-refractivity contribution is 7.92. The first-order valence-corrected chi connectivity index (χ1v) is 12.1. The van der Waals surface area contributed by atoms with E-state index in [1.807, 2.05) is 0 Å². The maximum atomic E-state index is 12.6. The third-order valence-electron chi connectivity index (χ3n) is 4.40. The van der Waals surface area contributed by atoms with Gasteiger partial charge in [-0.05, 0) is 55.3 Å². The van der Waals surface area contributed by atoms with Crippen LogP contribution in [0, 0.1) is 6.92 Å². The quantitative estimate of drug-likeness (QED) is 0.738. The highest BCUT2D eigenvalue weighted by Crippen LogP contribution is 2.21. The van der Waals surface area contributed by atoms with E-state index in [2.05, 4.69) is 10.0 Å². The zero-order chi connectivity index (χ0) is 20.5. The topological polar surface area (TPSA) is 109 Å². The number of halogens is 1. The van der Waals surface area contributed by atoms with Crippen molar-refractivity contribution in [2.75, 3.05) is 16.8 Å². The molecule has 1 heterocycles. The number of sulfonamides is 1. The van der Waals surface area contributed by atoms with Crippen LogP contribution in [0.15, 0.2) is 47.4 Å². The van der Waals surface area contributed by atoms with Gasteiger partial charge < -0.3 is 5.32 Å². The van der Waals surface area contributed by atoms with Crippen molar-refractivity contribution in [1.82, 2.24) is 4.72 Å². The molecule has 7 nitrogen and oxygen atoms in total. The number of sulfone groups is 1. The lowest BCUT2D eigenvalue weighted by atomic mass is 10.1. The monoisotopic (exact) mass is 442 g/mol. The zero-order valence-electron chi connectivity index (χ0n) is 15.0. The van der Waals surface area contributed by atoms with Crippen molar-refractivity contribution in [2.24, 2.45) is 0 Å². The number of rotatable bonds is 5. The molecule has 28 heavy (non-hydrogen) atoms. The van der Waals surface area contributed by atoms with Crippen LogP contribution in [0.2, 0.25) is 5.02 Å². The molecule has 1 aliphatic heterocycles. The number of carbonyl (C=O) groups is 1. The molecule has 0 saturated carbocycles. The van der Waals surface area contributed by atoms with Gasteiger partial charge in [0, 0.05) is 22.3 Å². The summed E-state index contributed by atoms with van der Waals surface area (Å²) in [6, 6.07) is 9.93. The molecule has 2 N–H and O–H groups in total. The van der Waals surface area contributed by atoms with E-state index in [1.165, 1.54) is 24.3 Å². The van der Waals surface area contributed by atoms with E-state index in [9.17, 15) is 21.6 Å². The van der Waals surface area contributed by atoms with Gasteiger partial charge in [0.2, 0.25) is 10.0 Å². The van der Waals surface area contributed by atoms with Gasteiger partial charge in [0.25, 0.3) is 5.91 Å². The minimum atomic E-state index is -3.95. The molecule has 0 radical (unpaired) electrons. The van der Waals surface area contributed by atoms with Crippen molar-refractivity contribution >= 4 is 43.1 Å². The SMILES string of the molecule is Cc1cc(Cl)ccc1NC(=O)c1cccc(S(=O)(=O)NC2CCS(=O)(=O)C2)c1. The minimum absolute atomic E-state index is 0.0386. The molecule has 150 valence electrons. The Kier molecular flexibility index (Phi) is 5.81. The van der Waals surface area contributed by atoms with Crippen molar-refractivity contribution in [3.8, 4) is 0 Å². The van der Waals surface area contributed by atoms with Crippen LogP contribution in [0.3, 0.4) is 0 Å². The van der Waals surface area contributed by atoms with Gasteiger partial charge in [-0.2, -0.15) is 0 Å². The standard InChI is InChI=1S/C18H19ClN2O5S2/c1-12-9-14(19)5-6-17(12)20-18(22)13-3-2-4-16(10-13)28(25,26)21-15-7-8-27(23,24)11-15/h2-6,9-10,15,21H,7-8,11H2,1H3,(H,20,22). The summed E-state index contributed by atoms with van der Waals surface area (Å²) in [4.78, 5) is 12.4. The average molecular weight is 443 g/mol. The van der Waals surface area contributed by atoms with Gasteiger partial charge in [-0.15, -0.1) is 0 Å². The fourth-order valence-corrected chi connectivity index (χ4v) is 6.26. The molecule has 2 aromatic rings. The van der Waals surface area contributed by atoms with Crippen LogP contribution in [-0.4, -0.2) is 40.3 Å². The van der Waals surface area contributed by atoms with Crippen LogP contribution < -0.4 is 10.0 Å². The highest BCUT2D eigenvalue weighted by Gasteiger charge is 2.31. The van der Waals surface area contributed by atoms with E-state index in [-0.39, 0.29) is 28.4 Å². The molecule has 0 spiro atoms. The van der Waals surface area contributed by atoms with Crippen molar-refractivity contribution in [3.05, 3.63) is 58.6 Å². The molecule has 3 rings (SSSR count). The van der Waals surface area contributed by atoms with E-state index < -0.39 is 31.8 Å². The number of anilines is 1. The summed E-state index contributed by atoms with van der Waals surface area (Å²) in [6.45, 7) is 1.79. The molecule has 1 unspecified atom stereocenters. The number of amides is 1. The van der Waals surface area contributed by atoms with Crippen molar-refractivity contribution < 1.29 is 21.6 Å². The third-order valence-corrected chi connectivity index (χ3v) is 7.92. The van der Waals surface area contributed by atoms with E-state index in [4.69, 9.17) is 11.6 Å². The summed E-state index contributed by atoms with van der Waals surface area (Å²) in [5.74, 6) is -0.725. The van der Waals surface area contributed by atoms with Gasteiger partial charge in [-0.1, -0.05) is 17.7 Å². The van der Waals surface area contributed by atoms with Crippen LogP contribution in [-0.2, 0) is 19.9 Å². The fraction of sp³-hybridized carbons (Fsp3) is 0.278. The predicted octanol–water partition coefficient (Wildman–Crippen LogP) is 2.37. The van der Waals surface area contributed by atoms with Crippen molar-refractivity contribution in [2.45, 2.75) is 24.3 Å². The number of nitrogens with one attached hydrogen (secondary N) is 2. The van der Waals surface area contributed by atoms with Crippen LogP contribution in [0.5, 0.6) is 0 Å². The fourth-order valence-electron chi connectivity index (χ4n) is 2.94. The minimum Gasteiger partial charge on any atom is -0.322 e. The second-order valence-electron chi connectivity index (χ2n) is 6.66. The van der Waals surface area contributed by atoms with E-state index in [0.717, 1.165) is 5.56 Å². The summed E-state index contributed by atoms with van der Waals surface area (Å²) in [6.07, 6.45) is 0.234. The van der Waals surface area contributed by atoms with Crippen LogP contribution in [0.4, 0.5) is 5.69 Å².